The van der Waals surface area contributed by atoms with Crippen LogP contribution in [0.3, 0.4) is 0 Å². The van der Waals surface area contributed by atoms with E-state index in [-0.39, 0.29) is 0 Å². The summed E-state index contributed by atoms with van der Waals surface area (Å²) in [5, 5.41) is 17.9. The third kappa shape index (κ3) is 3.41. The Labute approximate surface area is 164 Å². The van der Waals surface area contributed by atoms with Crippen LogP contribution in [0.1, 0.15) is 23.9 Å². The van der Waals surface area contributed by atoms with Crippen molar-refractivity contribution < 1.29 is 4.74 Å². The highest BCUT2D eigenvalue weighted by Gasteiger charge is 2.17. The van der Waals surface area contributed by atoms with Crippen molar-refractivity contribution in [3.63, 3.8) is 0 Å². The van der Waals surface area contributed by atoms with Crippen molar-refractivity contribution >= 4 is 16.7 Å². The molecule has 0 aliphatic carbocycles. The first-order valence-electron chi connectivity index (χ1n) is 9.41. The zero-order valence-electron chi connectivity index (χ0n) is 16.3. The van der Waals surface area contributed by atoms with Crippen LogP contribution in [0.25, 0.3) is 16.6 Å². The van der Waals surface area contributed by atoms with Crippen LogP contribution in [0.5, 0.6) is 5.75 Å². The van der Waals surface area contributed by atoms with Gasteiger partial charge in [0.15, 0.2) is 5.82 Å². The van der Waals surface area contributed by atoms with Gasteiger partial charge in [0.1, 0.15) is 11.3 Å². The van der Waals surface area contributed by atoms with Crippen LogP contribution in [-0.4, -0.2) is 26.6 Å². The second-order valence-corrected chi connectivity index (χ2v) is 6.62. The molecule has 2 aromatic carbocycles. The largest absolute Gasteiger partial charge is 0.494 e. The second-order valence-electron chi connectivity index (χ2n) is 6.62. The van der Waals surface area contributed by atoms with E-state index in [1.54, 1.807) is 0 Å². The lowest BCUT2D eigenvalue weighted by Gasteiger charge is -2.08. The van der Waals surface area contributed by atoms with Gasteiger partial charge in [-0.25, -0.2) is 4.68 Å². The molecule has 4 rings (SSSR count). The molecule has 0 spiro atoms. The van der Waals surface area contributed by atoms with Gasteiger partial charge in [-0.15, -0.1) is 5.10 Å². The standard InChI is InChI=1S/C22H23N5O/c1-4-28-19-12-10-18(11-13-19)27-16(3)20-21(26-27)15(2)24-25-22(20)23-14-17-8-6-5-7-9-17/h5-13H,4,14H2,1-3H3,(H,23,25). The van der Waals surface area contributed by atoms with Gasteiger partial charge in [0.2, 0.25) is 0 Å². The topological polar surface area (TPSA) is 64.9 Å². The van der Waals surface area contributed by atoms with Crippen molar-refractivity contribution in [2.45, 2.75) is 27.3 Å². The van der Waals surface area contributed by atoms with Gasteiger partial charge in [-0.1, -0.05) is 30.3 Å². The van der Waals surface area contributed by atoms with Crippen LogP contribution in [0.4, 0.5) is 5.82 Å². The molecule has 1 N–H and O–H groups in total. The summed E-state index contributed by atoms with van der Waals surface area (Å²) in [6, 6.07) is 18.2. The molecule has 0 aliphatic rings. The number of fused-ring (bicyclic) bond motifs is 1. The third-order valence-corrected chi connectivity index (χ3v) is 4.69. The fraction of sp³-hybridized carbons (Fsp3) is 0.227. The van der Waals surface area contributed by atoms with Gasteiger partial charge in [-0.3, -0.25) is 0 Å². The van der Waals surface area contributed by atoms with Gasteiger partial charge in [0.25, 0.3) is 0 Å². The van der Waals surface area contributed by atoms with E-state index < -0.39 is 0 Å². The van der Waals surface area contributed by atoms with Crippen LogP contribution < -0.4 is 10.1 Å². The van der Waals surface area contributed by atoms with Gasteiger partial charge in [-0.05, 0) is 50.6 Å². The Morgan fingerprint density at radius 3 is 2.43 bits per heavy atom. The predicted molar refractivity (Wildman–Crippen MR) is 111 cm³/mol. The molecular formula is C22H23N5O. The predicted octanol–water partition coefficient (Wildman–Crippen LogP) is 4.44. The molecule has 2 aromatic heterocycles. The smallest absolute Gasteiger partial charge is 0.160 e. The van der Waals surface area contributed by atoms with Crippen LogP contribution in [0.15, 0.2) is 54.6 Å². The zero-order valence-corrected chi connectivity index (χ0v) is 16.3. The third-order valence-electron chi connectivity index (χ3n) is 4.69. The minimum absolute atomic E-state index is 0.650. The van der Waals surface area contributed by atoms with Crippen LogP contribution in [0, 0.1) is 13.8 Å². The Hall–Kier alpha value is -3.41. The summed E-state index contributed by atoms with van der Waals surface area (Å²) < 4.78 is 7.47. The fourth-order valence-corrected chi connectivity index (χ4v) is 3.27. The van der Waals surface area contributed by atoms with E-state index >= 15 is 0 Å². The molecule has 0 saturated heterocycles. The minimum atomic E-state index is 0.650. The van der Waals surface area contributed by atoms with E-state index in [4.69, 9.17) is 9.84 Å². The molecule has 0 aliphatic heterocycles. The summed E-state index contributed by atoms with van der Waals surface area (Å²) in [7, 11) is 0. The average Bonchev–Trinajstić information content (AvgIpc) is 3.08. The molecule has 4 aromatic rings. The van der Waals surface area contributed by atoms with Crippen molar-refractivity contribution in [2.24, 2.45) is 0 Å². The minimum Gasteiger partial charge on any atom is -0.494 e. The molecule has 0 atom stereocenters. The molecule has 6 heteroatoms. The number of aromatic nitrogens is 4. The number of nitrogens with one attached hydrogen (secondary N) is 1. The van der Waals surface area contributed by atoms with Gasteiger partial charge in [0.05, 0.1) is 29.1 Å². The summed E-state index contributed by atoms with van der Waals surface area (Å²) >= 11 is 0. The molecule has 0 saturated carbocycles. The van der Waals surface area contributed by atoms with E-state index in [0.717, 1.165) is 39.5 Å². The number of anilines is 1. The van der Waals surface area contributed by atoms with E-state index in [1.165, 1.54) is 5.56 Å². The first-order chi connectivity index (χ1) is 13.7. The van der Waals surface area contributed by atoms with Crippen LogP contribution in [-0.2, 0) is 6.54 Å². The highest BCUT2D eigenvalue weighted by molar-refractivity contribution is 5.93. The van der Waals surface area contributed by atoms with Crippen molar-refractivity contribution in [3.8, 4) is 11.4 Å². The van der Waals surface area contributed by atoms with Crippen LogP contribution >= 0.6 is 0 Å². The quantitative estimate of drug-likeness (QED) is 0.541. The monoisotopic (exact) mass is 373 g/mol. The summed E-state index contributed by atoms with van der Waals surface area (Å²) in [5.41, 5.74) is 4.86. The number of aryl methyl sites for hydroxylation is 2. The second kappa shape index (κ2) is 7.68. The Bertz CT molecular complexity index is 1090. The van der Waals surface area contributed by atoms with E-state index in [9.17, 15) is 0 Å². The number of hydrogen-bond donors (Lipinski definition) is 1. The van der Waals surface area contributed by atoms with Gasteiger partial charge in [0, 0.05) is 6.54 Å². The number of benzene rings is 2. The molecule has 0 unspecified atom stereocenters. The molecule has 0 fully saturated rings. The lowest BCUT2D eigenvalue weighted by atomic mass is 10.2. The molecule has 28 heavy (non-hydrogen) atoms. The van der Waals surface area contributed by atoms with Crippen LogP contribution in [0.2, 0.25) is 0 Å². The van der Waals surface area contributed by atoms with E-state index in [1.807, 2.05) is 61.0 Å². The summed E-state index contributed by atoms with van der Waals surface area (Å²) in [4.78, 5) is 0. The van der Waals surface area contributed by atoms with Gasteiger partial charge in [-0.2, -0.15) is 10.2 Å². The fourth-order valence-electron chi connectivity index (χ4n) is 3.27. The van der Waals surface area contributed by atoms with E-state index in [2.05, 4.69) is 34.6 Å². The first-order valence-corrected chi connectivity index (χ1v) is 9.41. The Morgan fingerprint density at radius 2 is 1.71 bits per heavy atom. The highest BCUT2D eigenvalue weighted by Crippen LogP contribution is 2.28. The maximum Gasteiger partial charge on any atom is 0.160 e. The summed E-state index contributed by atoms with van der Waals surface area (Å²) in [6.45, 7) is 7.30. The molecule has 0 bridgehead atoms. The first kappa shape index (κ1) is 18.0. The number of nitrogens with zero attached hydrogens (tertiary/aromatic N) is 4. The molecule has 6 nitrogen and oxygen atoms in total. The average molecular weight is 373 g/mol. The normalized spacial score (nSPS) is 11.0. The van der Waals surface area contributed by atoms with Crippen molar-refractivity contribution in [1.82, 2.24) is 20.0 Å². The lowest BCUT2D eigenvalue weighted by Crippen LogP contribution is -2.04. The lowest BCUT2D eigenvalue weighted by molar-refractivity contribution is 0.340. The summed E-state index contributed by atoms with van der Waals surface area (Å²) in [5.74, 6) is 1.60. The molecule has 142 valence electrons. The Kier molecular flexibility index (Phi) is 4.93. The SMILES string of the molecule is CCOc1ccc(-n2nc3c(C)nnc(NCc4ccccc4)c3c2C)cc1. The Morgan fingerprint density at radius 1 is 0.964 bits per heavy atom. The maximum absolute atomic E-state index is 5.54. The van der Waals surface area contributed by atoms with Crippen molar-refractivity contribution in [1.29, 1.82) is 0 Å². The summed E-state index contributed by atoms with van der Waals surface area (Å²) in [6.07, 6.45) is 0. The van der Waals surface area contributed by atoms with Crippen molar-refractivity contribution in [3.05, 3.63) is 71.5 Å². The highest BCUT2D eigenvalue weighted by atomic mass is 16.5. The van der Waals surface area contributed by atoms with Gasteiger partial charge >= 0.3 is 0 Å². The van der Waals surface area contributed by atoms with Crippen molar-refractivity contribution in [2.75, 3.05) is 11.9 Å². The van der Waals surface area contributed by atoms with Gasteiger partial charge < -0.3 is 10.1 Å². The number of hydrogen-bond acceptors (Lipinski definition) is 5. The zero-order chi connectivity index (χ0) is 19.5. The molecule has 0 radical (unpaired) electrons. The van der Waals surface area contributed by atoms with E-state index in [0.29, 0.717) is 13.2 Å². The number of ether oxygens (including phenoxy) is 1. The number of rotatable bonds is 6. The molecule has 2 heterocycles. The molecular weight excluding hydrogens is 350 g/mol. The Balaban J connectivity index is 1.72. The molecule has 0 amide bonds. The maximum atomic E-state index is 5.54.